The van der Waals surface area contributed by atoms with E-state index in [-0.39, 0.29) is 21.8 Å². The molecular weight excluding hydrogens is 311 g/mol. The Morgan fingerprint density at radius 3 is 2.52 bits per heavy atom. The zero-order chi connectivity index (χ0) is 15.8. The molecule has 0 unspecified atom stereocenters. The zero-order valence-corrected chi connectivity index (χ0v) is 10.8. The largest absolute Gasteiger partial charge is 0.431 e. The predicted octanol–water partition coefficient (Wildman–Crippen LogP) is 4.13. The first-order chi connectivity index (χ1) is 9.74. The van der Waals surface area contributed by atoms with E-state index >= 15 is 0 Å². The van der Waals surface area contributed by atoms with Gasteiger partial charge in [-0.05, 0) is 12.1 Å². The molecule has 0 fully saturated rings. The van der Waals surface area contributed by atoms with Crippen molar-refractivity contribution in [3.8, 4) is 17.3 Å². The zero-order valence-electron chi connectivity index (χ0n) is 10.0. The molecule has 108 valence electrons. The Morgan fingerprint density at radius 1 is 1.33 bits per heavy atom. The van der Waals surface area contributed by atoms with Gasteiger partial charge in [-0.25, -0.2) is 0 Å². The number of halogens is 4. The monoisotopic (exact) mass is 315 g/mol. The molecule has 5 nitrogen and oxygen atoms in total. The summed E-state index contributed by atoms with van der Waals surface area (Å²) in [5.74, 6) is 0. The molecule has 0 saturated carbocycles. The van der Waals surface area contributed by atoms with Crippen LogP contribution in [0.25, 0.3) is 11.3 Å². The minimum absolute atomic E-state index is 0.0677. The van der Waals surface area contributed by atoms with Crippen LogP contribution >= 0.6 is 11.6 Å². The molecule has 0 atom stereocenters. The van der Waals surface area contributed by atoms with Gasteiger partial charge < -0.3 is 4.98 Å². The molecule has 9 heteroatoms. The third-order valence-electron chi connectivity index (χ3n) is 2.68. The third-order valence-corrected chi connectivity index (χ3v) is 2.99. The average Bonchev–Trinajstić information content (AvgIpc) is 2.83. The van der Waals surface area contributed by atoms with Gasteiger partial charge in [-0.2, -0.15) is 18.4 Å². The van der Waals surface area contributed by atoms with Gasteiger partial charge in [-0.15, -0.1) is 0 Å². The van der Waals surface area contributed by atoms with E-state index in [1.165, 1.54) is 12.1 Å². The molecule has 2 aromatic rings. The van der Waals surface area contributed by atoms with E-state index < -0.39 is 22.5 Å². The normalized spacial score (nSPS) is 11.2. The fourth-order valence-corrected chi connectivity index (χ4v) is 1.92. The Balaban J connectivity index is 2.62. The molecule has 0 aliphatic rings. The van der Waals surface area contributed by atoms with Gasteiger partial charge >= 0.3 is 6.18 Å². The molecule has 0 bridgehead atoms. The molecule has 0 radical (unpaired) electrons. The second-order valence-electron chi connectivity index (χ2n) is 4.00. The van der Waals surface area contributed by atoms with Crippen molar-refractivity contribution >= 4 is 17.3 Å². The molecule has 1 aromatic carbocycles. The van der Waals surface area contributed by atoms with Gasteiger partial charge in [0.15, 0.2) is 0 Å². The Bertz CT molecular complexity index is 762. The van der Waals surface area contributed by atoms with Gasteiger partial charge in [0.05, 0.1) is 16.2 Å². The highest BCUT2D eigenvalue weighted by molar-refractivity contribution is 6.32. The number of aromatic amines is 1. The lowest BCUT2D eigenvalue weighted by Gasteiger charge is -2.03. The van der Waals surface area contributed by atoms with Crippen molar-refractivity contribution in [1.82, 2.24) is 4.98 Å². The quantitative estimate of drug-likeness (QED) is 0.668. The van der Waals surface area contributed by atoms with Crippen LogP contribution in [0.2, 0.25) is 5.02 Å². The topological polar surface area (TPSA) is 82.7 Å². The molecule has 1 N–H and O–H groups in total. The first-order valence-electron chi connectivity index (χ1n) is 5.38. The van der Waals surface area contributed by atoms with Crippen LogP contribution in [-0.2, 0) is 6.18 Å². The summed E-state index contributed by atoms with van der Waals surface area (Å²) in [6.07, 6.45) is -4.65. The fourth-order valence-electron chi connectivity index (χ4n) is 1.73. The summed E-state index contributed by atoms with van der Waals surface area (Å²) in [6.45, 7) is 0. The highest BCUT2D eigenvalue weighted by Crippen LogP contribution is 2.35. The Kier molecular flexibility index (Phi) is 3.61. The smallest absolute Gasteiger partial charge is 0.350 e. The summed E-state index contributed by atoms with van der Waals surface area (Å²) >= 11 is 5.63. The van der Waals surface area contributed by atoms with Gasteiger partial charge in [-0.1, -0.05) is 17.7 Å². The molecule has 0 amide bonds. The first-order valence-corrected chi connectivity index (χ1v) is 5.76. The first kappa shape index (κ1) is 14.9. The molecule has 0 saturated heterocycles. The lowest BCUT2D eigenvalue weighted by molar-refractivity contribution is -0.384. The van der Waals surface area contributed by atoms with Crippen molar-refractivity contribution in [2.75, 3.05) is 0 Å². The number of benzene rings is 1. The number of H-pyrrole nitrogens is 1. The van der Waals surface area contributed by atoms with Crippen LogP contribution in [-0.4, -0.2) is 9.91 Å². The van der Waals surface area contributed by atoms with Crippen molar-refractivity contribution in [1.29, 1.82) is 5.26 Å². The average molecular weight is 316 g/mol. The maximum absolute atomic E-state index is 12.6. The summed E-state index contributed by atoms with van der Waals surface area (Å²) in [5, 5.41) is 19.5. The summed E-state index contributed by atoms with van der Waals surface area (Å²) in [6, 6.07) is 5.75. The second-order valence-corrected chi connectivity index (χ2v) is 4.41. The maximum Gasteiger partial charge on any atom is 0.431 e. The van der Waals surface area contributed by atoms with Crippen LogP contribution in [0.5, 0.6) is 0 Å². The number of nitro benzene ring substituents is 1. The van der Waals surface area contributed by atoms with Crippen LogP contribution in [0, 0.1) is 21.4 Å². The lowest BCUT2D eigenvalue weighted by atomic mass is 10.1. The summed E-state index contributed by atoms with van der Waals surface area (Å²) in [5.41, 5.74) is -1.91. The Morgan fingerprint density at radius 2 is 2.00 bits per heavy atom. The van der Waals surface area contributed by atoms with E-state index in [1.807, 2.05) is 0 Å². The maximum atomic E-state index is 12.6. The van der Waals surface area contributed by atoms with Gasteiger partial charge in [0.1, 0.15) is 16.8 Å². The number of nitrogens with zero attached hydrogens (tertiary/aromatic N) is 2. The van der Waals surface area contributed by atoms with E-state index in [2.05, 4.69) is 4.98 Å². The summed E-state index contributed by atoms with van der Waals surface area (Å²) < 4.78 is 37.9. The van der Waals surface area contributed by atoms with Gasteiger partial charge in [0, 0.05) is 11.6 Å². The predicted molar refractivity (Wildman–Crippen MR) is 67.6 cm³/mol. The molecule has 1 heterocycles. The molecule has 0 spiro atoms. The third kappa shape index (κ3) is 2.83. The van der Waals surface area contributed by atoms with Gasteiger partial charge in [-0.3, -0.25) is 10.1 Å². The number of nitriles is 1. The van der Waals surface area contributed by atoms with Crippen LogP contribution in [0.4, 0.5) is 18.9 Å². The molecule has 21 heavy (non-hydrogen) atoms. The van der Waals surface area contributed by atoms with Crippen molar-refractivity contribution < 1.29 is 18.1 Å². The number of alkyl halides is 3. The SMILES string of the molecule is N#Cc1cc(C(F)(F)F)[nH]c1-c1ccc(Cl)c([N+](=O)[O-])c1. The van der Waals surface area contributed by atoms with Crippen molar-refractivity contribution in [2.45, 2.75) is 6.18 Å². The van der Waals surface area contributed by atoms with Crippen LogP contribution < -0.4 is 0 Å². The van der Waals surface area contributed by atoms with Crippen LogP contribution in [0.1, 0.15) is 11.3 Å². The van der Waals surface area contributed by atoms with E-state index in [9.17, 15) is 23.3 Å². The highest BCUT2D eigenvalue weighted by Gasteiger charge is 2.34. The number of nitro groups is 1. The molecular formula is C12H5ClF3N3O2. The molecule has 1 aromatic heterocycles. The molecule has 0 aliphatic carbocycles. The molecule has 0 aliphatic heterocycles. The van der Waals surface area contributed by atoms with Crippen molar-refractivity contribution in [2.24, 2.45) is 0 Å². The standard InChI is InChI=1S/C12H5ClF3N3O2/c13-8-2-1-6(3-9(8)19(20)21)11-7(5-17)4-10(18-11)12(14,15)16/h1-4,18H. The van der Waals surface area contributed by atoms with E-state index in [1.54, 1.807) is 6.07 Å². The highest BCUT2D eigenvalue weighted by atomic mass is 35.5. The second kappa shape index (κ2) is 5.10. The number of aromatic nitrogens is 1. The minimum Gasteiger partial charge on any atom is -0.350 e. The number of hydrogen-bond donors (Lipinski definition) is 1. The summed E-state index contributed by atoms with van der Waals surface area (Å²) in [4.78, 5) is 12.1. The fraction of sp³-hybridized carbons (Fsp3) is 0.0833. The van der Waals surface area contributed by atoms with E-state index in [0.29, 0.717) is 6.07 Å². The van der Waals surface area contributed by atoms with E-state index in [4.69, 9.17) is 16.9 Å². The Labute approximate surface area is 120 Å². The number of hydrogen-bond acceptors (Lipinski definition) is 3. The van der Waals surface area contributed by atoms with Crippen molar-refractivity contribution in [3.63, 3.8) is 0 Å². The minimum atomic E-state index is -4.65. The Hall–Kier alpha value is -2.53. The van der Waals surface area contributed by atoms with Crippen LogP contribution in [0.3, 0.4) is 0 Å². The van der Waals surface area contributed by atoms with Crippen molar-refractivity contribution in [3.05, 3.63) is 50.7 Å². The number of nitrogens with one attached hydrogen (secondary N) is 1. The molecule has 2 rings (SSSR count). The lowest BCUT2D eigenvalue weighted by Crippen LogP contribution is -2.04. The summed E-state index contributed by atoms with van der Waals surface area (Å²) in [7, 11) is 0. The van der Waals surface area contributed by atoms with Gasteiger partial charge in [0.25, 0.3) is 5.69 Å². The number of rotatable bonds is 2. The van der Waals surface area contributed by atoms with E-state index in [0.717, 1.165) is 6.07 Å². The van der Waals surface area contributed by atoms with Gasteiger partial charge in [0.2, 0.25) is 0 Å². The van der Waals surface area contributed by atoms with Crippen LogP contribution in [0.15, 0.2) is 24.3 Å².